The van der Waals surface area contributed by atoms with E-state index in [1.165, 1.54) is 0 Å². The summed E-state index contributed by atoms with van der Waals surface area (Å²) in [5.74, 6) is 0.552. The van der Waals surface area contributed by atoms with Gasteiger partial charge in [0.25, 0.3) is 0 Å². The zero-order valence-electron chi connectivity index (χ0n) is 38.5. The Morgan fingerprint density at radius 1 is 0.517 bits per heavy atom. The highest BCUT2D eigenvalue weighted by Crippen LogP contribution is 2.42. The maximum atomic E-state index is 11.4. The van der Waals surface area contributed by atoms with E-state index in [9.17, 15) is 5.11 Å². The van der Waals surface area contributed by atoms with E-state index in [1.54, 1.807) is 42.6 Å². The number of nitrogens with zero attached hydrogens (tertiary/aromatic N) is 3. The number of phenolic OH excluding ortho intramolecular Hbond substituents is 1. The van der Waals surface area contributed by atoms with Gasteiger partial charge in [-0.25, -0.2) is 4.98 Å². The molecule has 0 atom stereocenters. The average Bonchev–Trinajstić information content (AvgIpc) is 3.68. The number of pyridine rings is 1. The van der Waals surface area contributed by atoms with E-state index < -0.39 is 13.7 Å². The summed E-state index contributed by atoms with van der Waals surface area (Å²) in [6.07, 6.45) is 1.77. The molecule has 9 aromatic rings. The van der Waals surface area contributed by atoms with Gasteiger partial charge in [-0.2, -0.15) is 0 Å². The molecule has 1 N–H and O–H groups in total. The molecule has 4 heteroatoms. The third-order valence-electron chi connectivity index (χ3n) is 10.8. The van der Waals surface area contributed by atoms with E-state index in [0.29, 0.717) is 28.2 Å². The van der Waals surface area contributed by atoms with Gasteiger partial charge >= 0.3 is 0 Å². The molecule has 0 saturated carbocycles. The molecule has 2 heterocycles. The zero-order valence-corrected chi connectivity index (χ0v) is 32.5. The first-order chi connectivity index (χ1) is 30.5. The lowest BCUT2D eigenvalue weighted by atomic mass is 9.86. The number of hydrogen-bond acceptors (Lipinski definition) is 3. The van der Waals surface area contributed by atoms with Crippen LogP contribution < -0.4 is 0 Å². The number of para-hydroxylation sites is 2. The van der Waals surface area contributed by atoms with Crippen molar-refractivity contribution in [2.75, 3.05) is 0 Å². The van der Waals surface area contributed by atoms with Crippen LogP contribution >= 0.6 is 0 Å². The first-order valence-corrected chi connectivity index (χ1v) is 19.4. The lowest BCUT2D eigenvalue weighted by Crippen LogP contribution is -2.10. The van der Waals surface area contributed by atoms with Crippen molar-refractivity contribution in [1.29, 1.82) is 0 Å². The van der Waals surface area contributed by atoms with Gasteiger partial charge in [0.2, 0.25) is 0 Å². The van der Waals surface area contributed by atoms with Crippen LogP contribution in [0.1, 0.15) is 45.7 Å². The lowest BCUT2D eigenvalue weighted by Gasteiger charge is -2.20. The minimum atomic E-state index is -2.34. The van der Waals surface area contributed by atoms with Crippen molar-refractivity contribution in [2.24, 2.45) is 0 Å². The Bertz CT molecular complexity index is 3160. The molecule has 9 rings (SSSR count). The number of benzene rings is 7. The Morgan fingerprint density at radius 3 is 1.95 bits per heavy atom. The van der Waals surface area contributed by atoms with Crippen molar-refractivity contribution in [3.8, 4) is 78.6 Å². The largest absolute Gasteiger partial charge is 0.507 e. The molecule has 2 aromatic heterocycles. The van der Waals surface area contributed by atoms with E-state index in [1.807, 2.05) is 95.6 Å². The van der Waals surface area contributed by atoms with Gasteiger partial charge in [-0.1, -0.05) is 141 Å². The molecule has 0 unspecified atom stereocenters. The molecule has 282 valence electrons. The number of rotatable bonds is 7. The smallest absolute Gasteiger partial charge is 0.149 e. The van der Waals surface area contributed by atoms with Crippen LogP contribution in [0.2, 0.25) is 0 Å². The Labute approximate surface area is 349 Å². The van der Waals surface area contributed by atoms with Gasteiger partial charge in [0, 0.05) is 31.1 Å². The van der Waals surface area contributed by atoms with Crippen LogP contribution in [0.25, 0.3) is 83.9 Å². The molecule has 0 radical (unpaired) electrons. The van der Waals surface area contributed by atoms with Gasteiger partial charge < -0.3 is 5.11 Å². The van der Waals surface area contributed by atoms with E-state index in [2.05, 4.69) is 63.2 Å². The molecule has 0 aliphatic rings. The monoisotopic (exact) mass is 757 g/mol. The van der Waals surface area contributed by atoms with E-state index in [4.69, 9.17) is 18.2 Å². The third-order valence-corrected chi connectivity index (χ3v) is 10.8. The summed E-state index contributed by atoms with van der Waals surface area (Å²) < 4.78 is 50.5. The molecule has 0 saturated heterocycles. The van der Waals surface area contributed by atoms with Gasteiger partial charge in [-0.05, 0) is 119 Å². The van der Waals surface area contributed by atoms with Crippen LogP contribution in [0.4, 0.5) is 0 Å². The van der Waals surface area contributed by atoms with Crippen molar-refractivity contribution in [2.45, 2.75) is 39.9 Å². The molecule has 0 aliphatic heterocycles. The maximum Gasteiger partial charge on any atom is 0.149 e. The lowest BCUT2D eigenvalue weighted by molar-refractivity contribution is 0.477. The summed E-state index contributed by atoms with van der Waals surface area (Å²) in [6, 6.07) is 54.1. The van der Waals surface area contributed by atoms with E-state index in [-0.39, 0.29) is 22.3 Å². The van der Waals surface area contributed by atoms with Crippen LogP contribution in [-0.4, -0.2) is 19.6 Å². The second-order valence-electron chi connectivity index (χ2n) is 15.7. The maximum absolute atomic E-state index is 11.4. The standard InChI is InChI=1S/C54H45N3O/c1-35-18-21-38(22-19-35)40-28-29-55-48(34-40)43-32-41(37-12-7-6-8-13-37)31-42(33-43)45-15-11-16-50-52(45)56-53(46-14-9-10-17-51(46)58)57(50)49-27-20-36(2)30-47(49)39-23-25-44(26-24-39)54(3,4)5/h6-34,58H,1-5H3/i1D3,2D3. The number of fused-ring (bicyclic) bond motifs is 1. The van der Waals surface area contributed by atoms with Crippen molar-refractivity contribution in [1.82, 2.24) is 14.5 Å². The molecular weight excluding hydrogens is 707 g/mol. The Kier molecular flexibility index (Phi) is 7.69. The summed E-state index contributed by atoms with van der Waals surface area (Å²) in [5.41, 5.74) is 12.9. The van der Waals surface area contributed by atoms with Crippen molar-refractivity contribution < 1.29 is 13.3 Å². The van der Waals surface area contributed by atoms with Gasteiger partial charge in [-0.15, -0.1) is 0 Å². The summed E-state index contributed by atoms with van der Waals surface area (Å²) in [7, 11) is 0. The Morgan fingerprint density at radius 2 is 1.19 bits per heavy atom. The highest BCUT2D eigenvalue weighted by atomic mass is 16.3. The van der Waals surface area contributed by atoms with Gasteiger partial charge in [0.15, 0.2) is 0 Å². The fourth-order valence-corrected chi connectivity index (χ4v) is 7.69. The minimum Gasteiger partial charge on any atom is -0.507 e. The summed E-state index contributed by atoms with van der Waals surface area (Å²) in [5, 5.41) is 11.4. The second-order valence-corrected chi connectivity index (χ2v) is 15.7. The molecule has 0 amide bonds. The number of aromatic hydroxyl groups is 1. The van der Waals surface area contributed by atoms with Crippen LogP contribution in [0, 0.1) is 13.7 Å². The van der Waals surface area contributed by atoms with Crippen molar-refractivity contribution >= 4 is 11.0 Å². The highest BCUT2D eigenvalue weighted by Gasteiger charge is 2.23. The quantitative estimate of drug-likeness (QED) is 0.176. The van der Waals surface area contributed by atoms with Gasteiger partial charge in [-0.3, -0.25) is 9.55 Å². The predicted octanol–water partition coefficient (Wildman–Crippen LogP) is 14.0. The Balaban J connectivity index is 1.27. The fraction of sp³-hybridized carbons (Fsp3) is 0.111. The van der Waals surface area contributed by atoms with Gasteiger partial charge in [0.1, 0.15) is 11.6 Å². The van der Waals surface area contributed by atoms with Gasteiger partial charge in [0.05, 0.1) is 28.0 Å². The molecule has 7 aromatic carbocycles. The van der Waals surface area contributed by atoms with Crippen molar-refractivity contribution in [3.63, 3.8) is 0 Å². The SMILES string of the molecule is [2H]C([2H])([2H])c1ccc(-c2ccnc(-c3cc(-c4ccccc4)cc(-c4cccc5c4nc(-c4ccccc4O)n5-c4ccc(C([2H])([2H])[2H])cc4-c4ccc(C(C)(C)C)cc4)c3)c2)cc1. The number of phenols is 1. The summed E-state index contributed by atoms with van der Waals surface area (Å²) in [4.78, 5) is 10.2. The topological polar surface area (TPSA) is 50.9 Å². The van der Waals surface area contributed by atoms with Crippen LogP contribution in [0.15, 0.2) is 176 Å². The second kappa shape index (κ2) is 14.8. The molecule has 0 aliphatic carbocycles. The van der Waals surface area contributed by atoms with Crippen LogP contribution in [0.5, 0.6) is 5.75 Å². The first kappa shape index (κ1) is 30.1. The van der Waals surface area contributed by atoms with E-state index in [0.717, 1.165) is 61.3 Å². The molecular formula is C54H45N3O. The molecule has 0 bridgehead atoms. The number of hydrogen-bond donors (Lipinski definition) is 1. The van der Waals surface area contributed by atoms with E-state index >= 15 is 0 Å². The number of aromatic nitrogens is 3. The first-order valence-electron chi connectivity index (χ1n) is 22.4. The van der Waals surface area contributed by atoms with Crippen molar-refractivity contribution in [3.05, 3.63) is 193 Å². The number of imidazole rings is 1. The fourth-order valence-electron chi connectivity index (χ4n) is 7.69. The summed E-state index contributed by atoms with van der Waals surface area (Å²) >= 11 is 0. The molecule has 4 nitrogen and oxygen atoms in total. The predicted molar refractivity (Wildman–Crippen MR) is 241 cm³/mol. The normalized spacial score (nSPS) is 13.6. The molecule has 58 heavy (non-hydrogen) atoms. The van der Waals surface area contributed by atoms with Crippen LogP contribution in [0.3, 0.4) is 0 Å². The summed E-state index contributed by atoms with van der Waals surface area (Å²) in [6.45, 7) is 1.95. The highest BCUT2D eigenvalue weighted by molar-refractivity contribution is 5.98. The molecule has 0 spiro atoms. The van der Waals surface area contributed by atoms with Crippen LogP contribution in [-0.2, 0) is 5.41 Å². The molecule has 0 fully saturated rings. The number of aryl methyl sites for hydroxylation is 2. The zero-order chi connectivity index (χ0) is 45.0. The average molecular weight is 758 g/mol. The third kappa shape index (κ3) is 6.99. The minimum absolute atomic E-state index is 0.0585. The Hall–Kier alpha value is -7.04.